The average Bonchev–Trinajstić information content (AvgIpc) is 3.22. The van der Waals surface area contributed by atoms with E-state index in [0.29, 0.717) is 4.88 Å². The van der Waals surface area contributed by atoms with Crippen molar-refractivity contribution in [2.24, 2.45) is 0 Å². The fraction of sp³-hybridized carbons (Fsp3) is 0.294. The Morgan fingerprint density at radius 2 is 1.96 bits per heavy atom. The Kier molecular flexibility index (Phi) is 5.65. The summed E-state index contributed by atoms with van der Waals surface area (Å²) in [7, 11) is 0. The summed E-state index contributed by atoms with van der Waals surface area (Å²) < 4.78 is 0.879. The largest absolute Gasteiger partial charge is 0.288 e. The zero-order valence-electron chi connectivity index (χ0n) is 13.0. The number of rotatable bonds is 4. The minimum Gasteiger partial charge on any atom is -0.288 e. The molecule has 1 saturated heterocycles. The van der Waals surface area contributed by atoms with Gasteiger partial charge in [0.05, 0.1) is 14.7 Å². The van der Waals surface area contributed by atoms with Crippen molar-refractivity contribution in [1.29, 1.82) is 0 Å². The summed E-state index contributed by atoms with van der Waals surface area (Å²) in [5.74, 6) is -0.459. The van der Waals surface area contributed by atoms with Crippen LogP contribution in [-0.4, -0.2) is 29.3 Å². The fourth-order valence-corrected chi connectivity index (χ4v) is 4.11. The van der Waals surface area contributed by atoms with Crippen LogP contribution in [0.3, 0.4) is 0 Å². The molecule has 2 N–H and O–H groups in total. The number of benzene rings is 1. The van der Waals surface area contributed by atoms with Gasteiger partial charge in [-0.1, -0.05) is 30.3 Å². The second-order valence-corrected chi connectivity index (χ2v) is 8.12. The van der Waals surface area contributed by atoms with Crippen molar-refractivity contribution in [3.05, 3.63) is 56.7 Å². The molecule has 2 amide bonds. The van der Waals surface area contributed by atoms with Crippen molar-refractivity contribution in [3.63, 3.8) is 0 Å². The summed E-state index contributed by atoms with van der Waals surface area (Å²) >= 11 is 4.64. The maximum atomic E-state index is 12.4. The molecule has 24 heavy (non-hydrogen) atoms. The molecule has 126 valence electrons. The maximum Gasteiger partial charge on any atom is 0.279 e. The van der Waals surface area contributed by atoms with Gasteiger partial charge in [0.15, 0.2) is 0 Å². The van der Waals surface area contributed by atoms with E-state index in [0.717, 1.165) is 29.7 Å². The number of nitrogens with zero attached hydrogens (tertiary/aromatic N) is 1. The minimum absolute atomic E-state index is 0.160. The second-order valence-electron chi connectivity index (χ2n) is 5.66. The molecule has 0 radical (unpaired) electrons. The number of halogens is 1. The third-order valence-corrected chi connectivity index (χ3v) is 5.61. The number of carbonyl (C=O) groups is 2. The van der Waals surface area contributed by atoms with Crippen LogP contribution in [0, 0.1) is 0 Å². The lowest BCUT2D eigenvalue weighted by Crippen LogP contribution is -2.50. The molecule has 1 aromatic heterocycles. The van der Waals surface area contributed by atoms with Crippen molar-refractivity contribution in [2.75, 3.05) is 6.54 Å². The van der Waals surface area contributed by atoms with Gasteiger partial charge in [0.1, 0.15) is 0 Å². The number of hydrogen-bond acceptors (Lipinski definition) is 4. The van der Waals surface area contributed by atoms with E-state index in [-0.39, 0.29) is 17.9 Å². The minimum atomic E-state index is -0.299. The molecule has 1 fully saturated rings. The summed E-state index contributed by atoms with van der Waals surface area (Å²) in [4.78, 5) is 27.1. The summed E-state index contributed by atoms with van der Waals surface area (Å²) in [5, 5.41) is 0. The van der Waals surface area contributed by atoms with Crippen LogP contribution in [0.15, 0.2) is 46.3 Å². The lowest BCUT2D eigenvalue weighted by atomic mass is 10.2. The number of likely N-dealkylation sites (tertiary alicyclic amines) is 1. The molecule has 2 aromatic rings. The zero-order valence-corrected chi connectivity index (χ0v) is 15.4. The molecule has 0 bridgehead atoms. The Labute approximate surface area is 153 Å². The van der Waals surface area contributed by atoms with Crippen molar-refractivity contribution >= 4 is 39.1 Å². The van der Waals surface area contributed by atoms with Gasteiger partial charge in [0, 0.05) is 6.54 Å². The van der Waals surface area contributed by atoms with Crippen molar-refractivity contribution in [1.82, 2.24) is 15.8 Å². The number of amides is 2. The van der Waals surface area contributed by atoms with Gasteiger partial charge in [-0.05, 0) is 53.0 Å². The van der Waals surface area contributed by atoms with E-state index in [1.807, 2.05) is 18.2 Å². The van der Waals surface area contributed by atoms with Crippen LogP contribution >= 0.6 is 27.3 Å². The normalized spacial score (nSPS) is 17.6. The Bertz CT molecular complexity index is 720. The van der Waals surface area contributed by atoms with Gasteiger partial charge in [0.25, 0.3) is 11.8 Å². The van der Waals surface area contributed by atoms with E-state index in [4.69, 9.17) is 0 Å². The van der Waals surface area contributed by atoms with Gasteiger partial charge >= 0.3 is 0 Å². The highest BCUT2D eigenvalue weighted by Gasteiger charge is 2.30. The maximum absolute atomic E-state index is 12.4. The van der Waals surface area contributed by atoms with E-state index in [2.05, 4.69) is 43.8 Å². The summed E-state index contributed by atoms with van der Waals surface area (Å²) in [6, 6.07) is 13.4. The van der Waals surface area contributed by atoms with E-state index in [1.54, 1.807) is 12.1 Å². The first-order valence-electron chi connectivity index (χ1n) is 7.77. The monoisotopic (exact) mass is 407 g/mol. The molecule has 3 rings (SSSR count). The van der Waals surface area contributed by atoms with E-state index in [1.165, 1.54) is 16.9 Å². The first-order chi connectivity index (χ1) is 11.6. The molecular weight excluding hydrogens is 390 g/mol. The summed E-state index contributed by atoms with van der Waals surface area (Å²) in [6.07, 6.45) is 1.79. The zero-order chi connectivity index (χ0) is 16.9. The van der Waals surface area contributed by atoms with Crippen LogP contribution in [0.1, 0.15) is 28.1 Å². The van der Waals surface area contributed by atoms with Crippen molar-refractivity contribution < 1.29 is 9.59 Å². The van der Waals surface area contributed by atoms with Gasteiger partial charge in [-0.2, -0.15) is 0 Å². The second kappa shape index (κ2) is 7.92. The first kappa shape index (κ1) is 17.1. The summed E-state index contributed by atoms with van der Waals surface area (Å²) in [6.45, 7) is 1.63. The third-order valence-electron chi connectivity index (χ3n) is 3.99. The van der Waals surface area contributed by atoms with E-state index in [9.17, 15) is 9.59 Å². The van der Waals surface area contributed by atoms with Crippen LogP contribution in [0.5, 0.6) is 0 Å². The smallest absolute Gasteiger partial charge is 0.279 e. The quantitative estimate of drug-likeness (QED) is 0.765. The Balaban J connectivity index is 1.54. The fourth-order valence-electron chi connectivity index (χ4n) is 2.83. The van der Waals surface area contributed by atoms with Crippen LogP contribution in [0.4, 0.5) is 0 Å². The molecule has 0 aliphatic carbocycles. The van der Waals surface area contributed by atoms with Gasteiger partial charge in [-0.25, -0.2) is 0 Å². The van der Waals surface area contributed by atoms with Gasteiger partial charge in [-0.3, -0.25) is 25.3 Å². The molecule has 1 aromatic carbocycles. The van der Waals surface area contributed by atoms with Crippen LogP contribution in [0.2, 0.25) is 0 Å². The van der Waals surface area contributed by atoms with Crippen LogP contribution < -0.4 is 10.9 Å². The summed E-state index contributed by atoms with van der Waals surface area (Å²) in [5.41, 5.74) is 6.24. The highest BCUT2D eigenvalue weighted by Crippen LogP contribution is 2.22. The van der Waals surface area contributed by atoms with Crippen molar-refractivity contribution in [3.8, 4) is 0 Å². The van der Waals surface area contributed by atoms with E-state index >= 15 is 0 Å². The first-order valence-corrected chi connectivity index (χ1v) is 9.38. The number of hydrogen-bond donors (Lipinski definition) is 2. The Hall–Kier alpha value is -1.70. The molecule has 7 heteroatoms. The molecule has 2 heterocycles. The van der Waals surface area contributed by atoms with Gasteiger partial charge in [0.2, 0.25) is 0 Å². The molecular formula is C17H18BrN3O2S. The third kappa shape index (κ3) is 4.23. The van der Waals surface area contributed by atoms with E-state index < -0.39 is 0 Å². The molecule has 1 atom stereocenters. The van der Waals surface area contributed by atoms with Crippen molar-refractivity contribution in [2.45, 2.75) is 25.4 Å². The highest BCUT2D eigenvalue weighted by atomic mass is 79.9. The molecule has 5 nitrogen and oxygen atoms in total. The predicted molar refractivity (Wildman–Crippen MR) is 97.5 cm³/mol. The number of carbonyl (C=O) groups excluding carboxylic acids is 2. The Morgan fingerprint density at radius 3 is 2.67 bits per heavy atom. The topological polar surface area (TPSA) is 61.4 Å². The van der Waals surface area contributed by atoms with Crippen LogP contribution in [-0.2, 0) is 11.3 Å². The Morgan fingerprint density at radius 1 is 1.17 bits per heavy atom. The molecule has 1 aliphatic heterocycles. The number of thiophene rings is 1. The highest BCUT2D eigenvalue weighted by molar-refractivity contribution is 9.11. The standard InChI is InChI=1S/C17H18BrN3O2S/c18-15-9-8-14(24-15)17(23)20-19-16(22)13-7-4-10-21(13)11-12-5-2-1-3-6-12/h1-3,5-6,8-9,13H,4,7,10-11H2,(H,19,22)(H,20,23). The molecule has 0 spiro atoms. The van der Waals surface area contributed by atoms with Gasteiger partial charge < -0.3 is 0 Å². The average molecular weight is 408 g/mol. The SMILES string of the molecule is O=C(NNC(=O)C1CCCN1Cc1ccccc1)c1ccc(Br)s1. The molecule has 1 unspecified atom stereocenters. The lowest BCUT2D eigenvalue weighted by Gasteiger charge is -2.23. The van der Waals surface area contributed by atoms with Crippen LogP contribution in [0.25, 0.3) is 0 Å². The molecule has 0 saturated carbocycles. The van der Waals surface area contributed by atoms with Gasteiger partial charge in [-0.15, -0.1) is 11.3 Å². The number of nitrogens with one attached hydrogen (secondary N) is 2. The number of hydrazine groups is 1. The lowest BCUT2D eigenvalue weighted by molar-refractivity contribution is -0.126. The molecule has 1 aliphatic rings. The predicted octanol–water partition coefficient (Wildman–Crippen LogP) is 2.94.